The Kier molecular flexibility index (Phi) is 8.70. The van der Waals surface area contributed by atoms with Crippen molar-refractivity contribution in [1.82, 2.24) is 5.43 Å². The predicted molar refractivity (Wildman–Crippen MR) is 145 cm³/mol. The fourth-order valence-electron chi connectivity index (χ4n) is 3.25. The second kappa shape index (κ2) is 12.3. The Morgan fingerprint density at radius 1 is 0.743 bits per heavy atom. The molecule has 0 unspecified atom stereocenters. The van der Waals surface area contributed by atoms with Gasteiger partial charge in [0.25, 0.3) is 5.91 Å². The van der Waals surface area contributed by atoms with Crippen molar-refractivity contribution in [3.8, 4) is 11.5 Å². The molecule has 0 bridgehead atoms. The summed E-state index contributed by atoms with van der Waals surface area (Å²) < 4.78 is 13.5. The quantitative estimate of drug-likeness (QED) is 0.166. The van der Waals surface area contributed by atoms with E-state index in [1.165, 1.54) is 0 Å². The van der Waals surface area contributed by atoms with Gasteiger partial charge in [-0.2, -0.15) is 5.10 Å². The van der Waals surface area contributed by atoms with Crippen molar-refractivity contribution in [3.05, 3.63) is 128 Å². The molecule has 0 aliphatic carbocycles. The number of amides is 1. The summed E-state index contributed by atoms with van der Waals surface area (Å²) in [7, 11) is 0. The number of hydrazone groups is 1. The lowest BCUT2D eigenvalue weighted by Crippen LogP contribution is -2.19. The molecular weight excluding hydrogens is 572 g/mol. The molecule has 7 heteroatoms. The SMILES string of the molecule is O=C(NN=Cc1cc(Br)ccc1OCc1ccccc1)c1cc(Br)ccc1OCc1ccccc1. The van der Waals surface area contributed by atoms with E-state index in [0.29, 0.717) is 30.3 Å². The van der Waals surface area contributed by atoms with Crippen molar-refractivity contribution in [2.24, 2.45) is 5.10 Å². The highest BCUT2D eigenvalue weighted by Gasteiger charge is 2.13. The van der Waals surface area contributed by atoms with Crippen LogP contribution in [0.2, 0.25) is 0 Å². The molecule has 0 aromatic heterocycles. The van der Waals surface area contributed by atoms with E-state index in [0.717, 1.165) is 25.6 Å². The number of benzene rings is 4. The summed E-state index contributed by atoms with van der Waals surface area (Å²) in [5, 5.41) is 4.17. The van der Waals surface area contributed by atoms with Gasteiger partial charge in [0.2, 0.25) is 0 Å². The van der Waals surface area contributed by atoms with E-state index in [9.17, 15) is 4.79 Å². The second-order valence-corrected chi connectivity index (χ2v) is 9.40. The Hall–Kier alpha value is -3.42. The number of carbonyl (C=O) groups is 1. The number of ether oxygens (including phenoxy) is 2. The van der Waals surface area contributed by atoms with Crippen molar-refractivity contribution in [1.29, 1.82) is 0 Å². The molecule has 1 amide bonds. The molecule has 0 atom stereocenters. The molecule has 176 valence electrons. The van der Waals surface area contributed by atoms with Gasteiger partial charge in [-0.15, -0.1) is 0 Å². The maximum atomic E-state index is 12.9. The van der Waals surface area contributed by atoms with Gasteiger partial charge in [0, 0.05) is 14.5 Å². The lowest BCUT2D eigenvalue weighted by atomic mass is 10.2. The smallest absolute Gasteiger partial charge is 0.275 e. The third kappa shape index (κ3) is 7.28. The lowest BCUT2D eigenvalue weighted by molar-refractivity contribution is 0.0950. The van der Waals surface area contributed by atoms with E-state index >= 15 is 0 Å². The van der Waals surface area contributed by atoms with Gasteiger partial charge in [-0.1, -0.05) is 92.5 Å². The van der Waals surface area contributed by atoms with Crippen molar-refractivity contribution < 1.29 is 14.3 Å². The van der Waals surface area contributed by atoms with E-state index in [4.69, 9.17) is 9.47 Å². The Morgan fingerprint density at radius 3 is 1.91 bits per heavy atom. The molecule has 1 N–H and O–H groups in total. The highest BCUT2D eigenvalue weighted by molar-refractivity contribution is 9.10. The normalized spacial score (nSPS) is 10.8. The number of rotatable bonds is 9. The molecule has 4 aromatic rings. The largest absolute Gasteiger partial charge is 0.488 e. The van der Waals surface area contributed by atoms with Crippen LogP contribution in [0.25, 0.3) is 0 Å². The molecule has 35 heavy (non-hydrogen) atoms. The standard InChI is InChI=1S/C28H22Br2N2O3/c29-23-11-13-26(34-18-20-7-3-1-4-8-20)22(15-23)17-31-32-28(33)25-16-24(30)12-14-27(25)35-19-21-9-5-2-6-10-21/h1-17H,18-19H2,(H,32,33). The molecule has 0 saturated carbocycles. The minimum atomic E-state index is -0.382. The van der Waals surface area contributed by atoms with Gasteiger partial charge in [-0.25, -0.2) is 5.43 Å². The maximum Gasteiger partial charge on any atom is 0.275 e. The average Bonchev–Trinajstić information content (AvgIpc) is 2.88. The molecule has 4 rings (SSSR count). The van der Waals surface area contributed by atoms with Crippen molar-refractivity contribution in [3.63, 3.8) is 0 Å². The first-order valence-corrected chi connectivity index (χ1v) is 12.4. The Balaban J connectivity index is 1.44. The highest BCUT2D eigenvalue weighted by Crippen LogP contribution is 2.25. The molecule has 0 spiro atoms. The molecule has 0 heterocycles. The third-order valence-electron chi connectivity index (χ3n) is 5.00. The number of nitrogens with one attached hydrogen (secondary N) is 1. The zero-order valence-electron chi connectivity index (χ0n) is 18.7. The van der Waals surface area contributed by atoms with Gasteiger partial charge in [0.15, 0.2) is 0 Å². The van der Waals surface area contributed by atoms with Crippen molar-refractivity contribution in [2.45, 2.75) is 13.2 Å². The molecular formula is C28H22Br2N2O3. The van der Waals surface area contributed by atoms with Crippen LogP contribution in [0.15, 0.2) is 111 Å². The van der Waals surface area contributed by atoms with Gasteiger partial charge in [-0.05, 0) is 47.5 Å². The van der Waals surface area contributed by atoms with Crippen LogP contribution in [0.5, 0.6) is 11.5 Å². The predicted octanol–water partition coefficient (Wildman–Crippen LogP) is 7.13. The van der Waals surface area contributed by atoms with Crippen LogP contribution >= 0.6 is 31.9 Å². The maximum absolute atomic E-state index is 12.9. The van der Waals surface area contributed by atoms with Gasteiger partial charge in [0.05, 0.1) is 11.8 Å². The number of hydrogen-bond donors (Lipinski definition) is 1. The summed E-state index contributed by atoms with van der Waals surface area (Å²) in [6, 6.07) is 30.6. The van der Waals surface area contributed by atoms with E-state index in [-0.39, 0.29) is 5.91 Å². The number of carbonyl (C=O) groups excluding carboxylic acids is 1. The Morgan fingerprint density at radius 2 is 1.29 bits per heavy atom. The summed E-state index contributed by atoms with van der Waals surface area (Å²) in [6.45, 7) is 0.780. The molecule has 5 nitrogen and oxygen atoms in total. The first-order valence-electron chi connectivity index (χ1n) is 10.8. The Labute approximate surface area is 221 Å². The molecule has 0 aliphatic heterocycles. The van der Waals surface area contributed by atoms with E-state index in [1.807, 2.05) is 84.9 Å². The van der Waals surface area contributed by atoms with Crippen LogP contribution in [-0.2, 0) is 13.2 Å². The van der Waals surface area contributed by atoms with Crippen LogP contribution in [0.3, 0.4) is 0 Å². The third-order valence-corrected chi connectivity index (χ3v) is 5.99. The lowest BCUT2D eigenvalue weighted by Gasteiger charge is -2.11. The minimum Gasteiger partial charge on any atom is -0.488 e. The summed E-state index contributed by atoms with van der Waals surface area (Å²) >= 11 is 6.90. The fourth-order valence-corrected chi connectivity index (χ4v) is 3.99. The molecule has 0 aliphatic rings. The molecule has 4 aromatic carbocycles. The molecule has 0 saturated heterocycles. The highest BCUT2D eigenvalue weighted by atomic mass is 79.9. The average molecular weight is 594 g/mol. The van der Waals surface area contributed by atoms with Gasteiger partial charge in [0.1, 0.15) is 24.7 Å². The van der Waals surface area contributed by atoms with Crippen molar-refractivity contribution in [2.75, 3.05) is 0 Å². The fraction of sp³-hybridized carbons (Fsp3) is 0.0714. The zero-order valence-corrected chi connectivity index (χ0v) is 21.8. The van der Waals surface area contributed by atoms with E-state index in [1.54, 1.807) is 18.3 Å². The van der Waals surface area contributed by atoms with Gasteiger partial charge < -0.3 is 9.47 Å². The second-order valence-electron chi connectivity index (χ2n) is 7.57. The first-order chi connectivity index (χ1) is 17.1. The topological polar surface area (TPSA) is 59.9 Å². The Bertz CT molecular complexity index is 1310. The summed E-state index contributed by atoms with van der Waals surface area (Å²) in [5.41, 5.74) is 5.77. The number of hydrogen-bond acceptors (Lipinski definition) is 4. The number of halogens is 2. The summed E-state index contributed by atoms with van der Waals surface area (Å²) in [5.74, 6) is 0.746. The van der Waals surface area contributed by atoms with Crippen LogP contribution in [0, 0.1) is 0 Å². The summed E-state index contributed by atoms with van der Waals surface area (Å²) in [4.78, 5) is 12.9. The van der Waals surface area contributed by atoms with E-state index in [2.05, 4.69) is 42.4 Å². The minimum absolute atomic E-state index is 0.353. The van der Waals surface area contributed by atoms with Crippen LogP contribution < -0.4 is 14.9 Å². The monoisotopic (exact) mass is 592 g/mol. The zero-order chi connectivity index (χ0) is 24.5. The first kappa shape index (κ1) is 24.7. The van der Waals surface area contributed by atoms with Gasteiger partial charge in [-0.3, -0.25) is 4.79 Å². The molecule has 0 fully saturated rings. The van der Waals surface area contributed by atoms with Gasteiger partial charge >= 0.3 is 0 Å². The summed E-state index contributed by atoms with van der Waals surface area (Å²) in [6.07, 6.45) is 1.56. The van der Waals surface area contributed by atoms with E-state index < -0.39 is 0 Å². The number of nitrogens with zero attached hydrogens (tertiary/aromatic N) is 1. The van der Waals surface area contributed by atoms with Crippen molar-refractivity contribution >= 4 is 44.0 Å². The van der Waals surface area contributed by atoms with Crippen LogP contribution in [0.1, 0.15) is 27.0 Å². The van der Waals surface area contributed by atoms with Crippen LogP contribution in [0.4, 0.5) is 0 Å². The molecule has 0 radical (unpaired) electrons. The van der Waals surface area contributed by atoms with Crippen LogP contribution in [-0.4, -0.2) is 12.1 Å².